The van der Waals surface area contributed by atoms with Crippen molar-refractivity contribution in [1.82, 2.24) is 0 Å². The molecule has 18 heavy (non-hydrogen) atoms. The third-order valence-corrected chi connectivity index (χ3v) is 2.92. The van der Waals surface area contributed by atoms with Crippen LogP contribution in [0.2, 0.25) is 0 Å². The molecular formula is C13H14O5. The van der Waals surface area contributed by atoms with E-state index >= 15 is 0 Å². The Morgan fingerprint density at radius 3 is 2.72 bits per heavy atom. The van der Waals surface area contributed by atoms with Crippen molar-refractivity contribution in [2.45, 2.75) is 19.8 Å². The Labute approximate surface area is 104 Å². The standard InChI is InChI=1S/C13H14O5/c1-8(14)10(6-13(15)16)4-9-2-3-11-12(5-9)18-7-17-11/h2-3,5,10H,4,6-7H2,1H3,(H,15,16). The molecule has 5 heteroatoms. The lowest BCUT2D eigenvalue weighted by Gasteiger charge is -2.11. The van der Waals surface area contributed by atoms with Gasteiger partial charge in [-0.15, -0.1) is 0 Å². The molecule has 0 bridgehead atoms. The van der Waals surface area contributed by atoms with Crippen molar-refractivity contribution in [3.05, 3.63) is 23.8 Å². The van der Waals surface area contributed by atoms with Crippen LogP contribution in [0, 0.1) is 5.92 Å². The number of carboxylic acids is 1. The monoisotopic (exact) mass is 250 g/mol. The molecule has 2 rings (SSSR count). The summed E-state index contributed by atoms with van der Waals surface area (Å²) in [6.45, 7) is 1.62. The summed E-state index contributed by atoms with van der Waals surface area (Å²) in [6.07, 6.45) is 0.252. The van der Waals surface area contributed by atoms with Crippen LogP contribution in [-0.4, -0.2) is 23.7 Å². The lowest BCUT2D eigenvalue weighted by atomic mass is 9.93. The molecule has 1 heterocycles. The van der Waals surface area contributed by atoms with Crippen LogP contribution in [0.15, 0.2) is 18.2 Å². The first-order chi connectivity index (χ1) is 8.56. The third-order valence-electron chi connectivity index (χ3n) is 2.92. The Bertz CT molecular complexity index is 480. The molecule has 96 valence electrons. The molecule has 5 nitrogen and oxygen atoms in total. The van der Waals surface area contributed by atoms with Crippen LogP contribution >= 0.6 is 0 Å². The minimum atomic E-state index is -0.962. The van der Waals surface area contributed by atoms with E-state index in [2.05, 4.69) is 0 Å². The summed E-state index contributed by atoms with van der Waals surface area (Å²) < 4.78 is 10.4. The maximum Gasteiger partial charge on any atom is 0.304 e. The number of rotatable bonds is 5. The van der Waals surface area contributed by atoms with Crippen LogP contribution in [0.25, 0.3) is 0 Å². The largest absolute Gasteiger partial charge is 0.481 e. The van der Waals surface area contributed by atoms with E-state index in [0.29, 0.717) is 17.9 Å². The van der Waals surface area contributed by atoms with Crippen LogP contribution in [0.1, 0.15) is 18.9 Å². The molecular weight excluding hydrogens is 236 g/mol. The highest BCUT2D eigenvalue weighted by Gasteiger charge is 2.20. The molecule has 1 aromatic rings. The molecule has 0 spiro atoms. The number of ketones is 1. The van der Waals surface area contributed by atoms with Gasteiger partial charge in [-0.2, -0.15) is 0 Å². The van der Waals surface area contributed by atoms with Gasteiger partial charge in [0.15, 0.2) is 11.5 Å². The van der Waals surface area contributed by atoms with Crippen molar-refractivity contribution in [2.24, 2.45) is 5.92 Å². The van der Waals surface area contributed by atoms with E-state index in [-0.39, 0.29) is 19.0 Å². The topological polar surface area (TPSA) is 72.8 Å². The number of benzene rings is 1. The third kappa shape index (κ3) is 2.80. The smallest absolute Gasteiger partial charge is 0.304 e. The zero-order valence-corrected chi connectivity index (χ0v) is 10.0. The second-order valence-electron chi connectivity index (χ2n) is 4.30. The van der Waals surface area contributed by atoms with Crippen LogP contribution in [-0.2, 0) is 16.0 Å². The Balaban J connectivity index is 2.11. The predicted octanol–water partition coefficient (Wildman–Crippen LogP) is 1.64. The Morgan fingerprint density at radius 1 is 1.33 bits per heavy atom. The Kier molecular flexibility index (Phi) is 3.50. The van der Waals surface area contributed by atoms with E-state index in [1.807, 2.05) is 6.07 Å². The van der Waals surface area contributed by atoms with Gasteiger partial charge >= 0.3 is 5.97 Å². The van der Waals surface area contributed by atoms with Crippen LogP contribution in [0.4, 0.5) is 0 Å². The van der Waals surface area contributed by atoms with Crippen molar-refractivity contribution >= 4 is 11.8 Å². The highest BCUT2D eigenvalue weighted by Crippen LogP contribution is 2.33. The highest BCUT2D eigenvalue weighted by atomic mass is 16.7. The number of Topliss-reactive ketones (excluding diaryl/α,β-unsaturated/α-hetero) is 1. The minimum absolute atomic E-state index is 0.116. The second kappa shape index (κ2) is 5.08. The predicted molar refractivity (Wildman–Crippen MR) is 62.7 cm³/mol. The van der Waals surface area contributed by atoms with Crippen LogP contribution in [0.5, 0.6) is 11.5 Å². The summed E-state index contributed by atoms with van der Waals surface area (Å²) in [7, 11) is 0. The average Bonchev–Trinajstić information content (AvgIpc) is 2.74. The van der Waals surface area contributed by atoms with Gasteiger partial charge < -0.3 is 14.6 Å². The van der Waals surface area contributed by atoms with Gasteiger partial charge in [0.1, 0.15) is 5.78 Å². The van der Waals surface area contributed by atoms with Crippen LogP contribution in [0.3, 0.4) is 0 Å². The minimum Gasteiger partial charge on any atom is -0.481 e. The number of aliphatic carboxylic acids is 1. The normalized spacial score (nSPS) is 14.3. The van der Waals surface area contributed by atoms with E-state index < -0.39 is 11.9 Å². The van der Waals surface area contributed by atoms with E-state index in [0.717, 1.165) is 5.56 Å². The first-order valence-electron chi connectivity index (χ1n) is 5.67. The van der Waals surface area contributed by atoms with Crippen molar-refractivity contribution in [1.29, 1.82) is 0 Å². The van der Waals surface area contributed by atoms with Gasteiger partial charge in [-0.1, -0.05) is 6.07 Å². The van der Waals surface area contributed by atoms with Gasteiger partial charge in [-0.05, 0) is 31.0 Å². The molecule has 1 aliphatic heterocycles. The molecule has 1 aromatic carbocycles. The lowest BCUT2D eigenvalue weighted by molar-refractivity contribution is -0.140. The number of ether oxygens (including phenoxy) is 2. The van der Waals surface area contributed by atoms with E-state index in [4.69, 9.17) is 14.6 Å². The quantitative estimate of drug-likeness (QED) is 0.860. The van der Waals surface area contributed by atoms with Crippen molar-refractivity contribution in [3.8, 4) is 11.5 Å². The van der Waals surface area contributed by atoms with Gasteiger partial charge in [0.2, 0.25) is 6.79 Å². The van der Waals surface area contributed by atoms with Crippen molar-refractivity contribution < 1.29 is 24.2 Å². The summed E-state index contributed by atoms with van der Waals surface area (Å²) in [6, 6.07) is 5.39. The van der Waals surface area contributed by atoms with Crippen molar-refractivity contribution in [2.75, 3.05) is 6.79 Å². The maximum atomic E-state index is 11.4. The van der Waals surface area contributed by atoms with Crippen LogP contribution < -0.4 is 9.47 Å². The van der Waals surface area contributed by atoms with Gasteiger partial charge in [-0.25, -0.2) is 0 Å². The zero-order valence-electron chi connectivity index (χ0n) is 10.0. The summed E-state index contributed by atoms with van der Waals surface area (Å²) >= 11 is 0. The van der Waals surface area contributed by atoms with E-state index in [1.54, 1.807) is 12.1 Å². The SMILES string of the molecule is CC(=O)C(CC(=O)O)Cc1ccc2c(c1)OCO2. The number of hydrogen-bond acceptors (Lipinski definition) is 4. The first-order valence-corrected chi connectivity index (χ1v) is 5.67. The van der Waals surface area contributed by atoms with Crippen molar-refractivity contribution in [3.63, 3.8) is 0 Å². The molecule has 0 amide bonds. The number of carbonyl (C=O) groups excluding carboxylic acids is 1. The first kappa shape index (κ1) is 12.4. The molecule has 1 aliphatic rings. The molecule has 0 radical (unpaired) electrons. The molecule has 0 aliphatic carbocycles. The van der Waals surface area contributed by atoms with Gasteiger partial charge in [0, 0.05) is 5.92 Å². The number of fused-ring (bicyclic) bond motifs is 1. The van der Waals surface area contributed by atoms with E-state index in [1.165, 1.54) is 6.92 Å². The Morgan fingerprint density at radius 2 is 2.06 bits per heavy atom. The highest BCUT2D eigenvalue weighted by molar-refractivity contribution is 5.83. The molecule has 0 aromatic heterocycles. The molecule has 1 N–H and O–H groups in total. The molecule has 0 saturated carbocycles. The number of hydrogen-bond donors (Lipinski definition) is 1. The fraction of sp³-hybridized carbons (Fsp3) is 0.385. The fourth-order valence-corrected chi connectivity index (χ4v) is 1.92. The number of carboxylic acid groups (broad SMARTS) is 1. The Hall–Kier alpha value is -2.04. The van der Waals surface area contributed by atoms with E-state index in [9.17, 15) is 9.59 Å². The number of carbonyl (C=O) groups is 2. The summed E-state index contributed by atoms with van der Waals surface area (Å²) in [5.74, 6) is -0.254. The van der Waals surface area contributed by atoms with Gasteiger partial charge in [0.25, 0.3) is 0 Å². The fourth-order valence-electron chi connectivity index (χ4n) is 1.92. The summed E-state index contributed by atoms with van der Waals surface area (Å²) in [5, 5.41) is 8.77. The summed E-state index contributed by atoms with van der Waals surface area (Å²) in [5.41, 5.74) is 0.876. The molecule has 0 fully saturated rings. The summed E-state index contributed by atoms with van der Waals surface area (Å²) in [4.78, 5) is 22.1. The lowest BCUT2D eigenvalue weighted by Crippen LogP contribution is -2.18. The van der Waals surface area contributed by atoms with Gasteiger partial charge in [0.05, 0.1) is 6.42 Å². The average molecular weight is 250 g/mol. The molecule has 1 unspecified atom stereocenters. The van der Waals surface area contributed by atoms with Gasteiger partial charge in [-0.3, -0.25) is 9.59 Å². The molecule has 0 saturated heterocycles. The molecule has 1 atom stereocenters. The second-order valence-corrected chi connectivity index (χ2v) is 4.30. The maximum absolute atomic E-state index is 11.4. The zero-order chi connectivity index (χ0) is 13.1.